The summed E-state index contributed by atoms with van der Waals surface area (Å²) >= 11 is 0. The van der Waals surface area contributed by atoms with Gasteiger partial charge in [0.15, 0.2) is 0 Å². The number of H-pyrrole nitrogens is 1. The van der Waals surface area contributed by atoms with Gasteiger partial charge in [-0.2, -0.15) is 0 Å². The van der Waals surface area contributed by atoms with Crippen molar-refractivity contribution in [3.05, 3.63) is 34.5 Å². The number of piperidine rings is 1. The molecule has 1 saturated heterocycles. The summed E-state index contributed by atoms with van der Waals surface area (Å²) in [5.41, 5.74) is -0.0447. The molecule has 3 rings (SSSR count). The van der Waals surface area contributed by atoms with E-state index in [9.17, 15) is 14.0 Å². The van der Waals surface area contributed by atoms with Crippen LogP contribution in [0.4, 0.5) is 4.39 Å². The molecule has 2 heterocycles. The molecular formula is C17H22FN3O3. The second-order valence-electron chi connectivity index (χ2n) is 7.22. The van der Waals surface area contributed by atoms with Gasteiger partial charge in [-0.3, -0.25) is 4.57 Å². The van der Waals surface area contributed by atoms with E-state index < -0.39 is 11.2 Å². The summed E-state index contributed by atoms with van der Waals surface area (Å²) in [5, 5.41) is 1.64. The molecule has 7 heteroatoms. The molecule has 6 nitrogen and oxygen atoms in total. The number of imidazole rings is 1. The van der Waals surface area contributed by atoms with E-state index >= 15 is 0 Å². The summed E-state index contributed by atoms with van der Waals surface area (Å²) in [6.45, 7) is 6.51. The Hall–Kier alpha value is -2.15. The summed E-state index contributed by atoms with van der Waals surface area (Å²) in [4.78, 5) is 32.2. The molecule has 130 valence electrons. The van der Waals surface area contributed by atoms with Crippen molar-refractivity contribution in [1.82, 2.24) is 14.6 Å². The molecular weight excluding hydrogens is 313 g/mol. The van der Waals surface area contributed by atoms with Crippen LogP contribution in [0, 0.1) is 11.2 Å². The average molecular weight is 335 g/mol. The van der Waals surface area contributed by atoms with Crippen molar-refractivity contribution in [2.24, 2.45) is 5.41 Å². The number of fused-ring (bicyclic) bond motifs is 1. The molecule has 1 N–H and O–H groups in total. The van der Waals surface area contributed by atoms with Crippen LogP contribution < -0.4 is 5.69 Å². The van der Waals surface area contributed by atoms with Crippen molar-refractivity contribution in [1.29, 1.82) is 0 Å². The topological polar surface area (TPSA) is 67.3 Å². The van der Waals surface area contributed by atoms with Crippen LogP contribution in [-0.4, -0.2) is 33.7 Å². The van der Waals surface area contributed by atoms with Gasteiger partial charge in [-0.25, -0.2) is 14.0 Å². The number of carbonyl (C=O) groups excluding carboxylic acids is 1. The number of nitrogens with zero attached hydrogens (tertiary/aromatic N) is 2. The molecule has 2 aromatic rings. The molecule has 0 unspecified atom stereocenters. The van der Waals surface area contributed by atoms with Crippen LogP contribution in [0.5, 0.6) is 0 Å². The number of aromatic nitrogens is 2. The maximum absolute atomic E-state index is 13.8. The third-order valence-electron chi connectivity index (χ3n) is 4.31. The Balaban J connectivity index is 1.74. The molecule has 0 bridgehead atoms. The molecule has 1 aromatic carbocycles. The number of carbonyl (C=O) groups is 1. The number of benzene rings is 1. The number of hydrogen-bond donors (Lipinski definition) is 1. The highest BCUT2D eigenvalue weighted by atomic mass is 19.1. The van der Waals surface area contributed by atoms with Crippen LogP contribution >= 0.6 is 0 Å². The molecule has 0 spiro atoms. The third-order valence-corrected chi connectivity index (χ3v) is 4.31. The molecule has 0 atom stereocenters. The molecule has 1 aliphatic heterocycles. The maximum Gasteiger partial charge on any atom is 0.330 e. The highest BCUT2D eigenvalue weighted by Gasteiger charge is 2.29. The molecule has 1 aliphatic rings. The Kier molecular flexibility index (Phi) is 4.21. The zero-order chi connectivity index (χ0) is 17.5. The van der Waals surface area contributed by atoms with Crippen LogP contribution in [0.25, 0.3) is 11.0 Å². The van der Waals surface area contributed by atoms with Crippen LogP contribution in [0.3, 0.4) is 0 Å². The third kappa shape index (κ3) is 3.08. The summed E-state index contributed by atoms with van der Waals surface area (Å²) in [6.07, 6.45) is 1.31. The fourth-order valence-corrected chi connectivity index (χ4v) is 2.92. The van der Waals surface area contributed by atoms with E-state index in [0.29, 0.717) is 31.4 Å². The SMILES string of the molecule is CC(C)(C)C(=O)ON1CCC(n2c(=O)[nH]c3c(F)cccc32)CC1. The van der Waals surface area contributed by atoms with Crippen molar-refractivity contribution in [2.75, 3.05) is 13.1 Å². The second kappa shape index (κ2) is 6.05. The fraction of sp³-hybridized carbons (Fsp3) is 0.529. The molecule has 24 heavy (non-hydrogen) atoms. The predicted octanol–water partition coefficient (Wildman–Crippen LogP) is 2.61. The van der Waals surface area contributed by atoms with Gasteiger partial charge in [-0.15, -0.1) is 5.06 Å². The summed E-state index contributed by atoms with van der Waals surface area (Å²) in [6, 6.07) is 4.62. The molecule has 0 amide bonds. The number of hydroxylamine groups is 2. The fourth-order valence-electron chi connectivity index (χ4n) is 2.92. The maximum atomic E-state index is 13.8. The van der Waals surface area contributed by atoms with Gasteiger partial charge in [0.25, 0.3) is 0 Å². The highest BCUT2D eigenvalue weighted by Crippen LogP contribution is 2.26. The highest BCUT2D eigenvalue weighted by molar-refractivity contribution is 5.76. The van der Waals surface area contributed by atoms with Gasteiger partial charge < -0.3 is 9.82 Å². The monoisotopic (exact) mass is 335 g/mol. The van der Waals surface area contributed by atoms with Crippen molar-refractivity contribution in [2.45, 2.75) is 39.7 Å². The first kappa shape index (κ1) is 16.7. The molecule has 0 radical (unpaired) electrons. The van der Waals surface area contributed by atoms with Gasteiger partial charge in [0.05, 0.1) is 10.9 Å². The lowest BCUT2D eigenvalue weighted by Crippen LogP contribution is -2.40. The standard InChI is InChI=1S/C17H22FN3O3/c1-17(2,3)15(22)24-20-9-7-11(8-10-20)21-13-6-4-5-12(18)14(13)19-16(21)23/h4-6,11H,7-10H2,1-3H3,(H,19,23). The number of aromatic amines is 1. The van der Waals surface area contributed by atoms with Crippen LogP contribution in [0.15, 0.2) is 23.0 Å². The lowest BCUT2D eigenvalue weighted by Gasteiger charge is -2.32. The van der Waals surface area contributed by atoms with E-state index in [1.165, 1.54) is 6.07 Å². The summed E-state index contributed by atoms with van der Waals surface area (Å²) in [7, 11) is 0. The van der Waals surface area contributed by atoms with E-state index in [1.54, 1.807) is 21.8 Å². The van der Waals surface area contributed by atoms with E-state index in [4.69, 9.17) is 4.84 Å². The quantitative estimate of drug-likeness (QED) is 0.916. The minimum absolute atomic E-state index is 0.0439. The second-order valence-corrected chi connectivity index (χ2v) is 7.22. The first-order valence-electron chi connectivity index (χ1n) is 8.13. The first-order valence-corrected chi connectivity index (χ1v) is 8.13. The van der Waals surface area contributed by atoms with Gasteiger partial charge in [-0.1, -0.05) is 6.07 Å². The molecule has 1 fully saturated rings. The van der Waals surface area contributed by atoms with E-state index in [0.717, 1.165) is 0 Å². The Labute approximate surface area is 139 Å². The van der Waals surface area contributed by atoms with Crippen LogP contribution in [0.1, 0.15) is 39.7 Å². The van der Waals surface area contributed by atoms with Crippen molar-refractivity contribution in [3.63, 3.8) is 0 Å². The van der Waals surface area contributed by atoms with E-state index in [1.807, 2.05) is 20.8 Å². The van der Waals surface area contributed by atoms with E-state index in [2.05, 4.69) is 4.98 Å². The Bertz CT molecular complexity index is 811. The minimum Gasteiger partial charge on any atom is -0.367 e. The van der Waals surface area contributed by atoms with Crippen LogP contribution in [0.2, 0.25) is 0 Å². The molecule has 0 aliphatic carbocycles. The first-order chi connectivity index (χ1) is 11.3. The Morgan fingerprint density at radius 1 is 1.29 bits per heavy atom. The summed E-state index contributed by atoms with van der Waals surface area (Å²) in [5.74, 6) is -0.702. The molecule has 0 saturated carbocycles. The number of halogens is 1. The van der Waals surface area contributed by atoms with Crippen molar-refractivity contribution in [3.8, 4) is 0 Å². The van der Waals surface area contributed by atoms with Gasteiger partial charge in [0, 0.05) is 19.1 Å². The zero-order valence-electron chi connectivity index (χ0n) is 14.1. The number of hydrogen-bond acceptors (Lipinski definition) is 4. The Morgan fingerprint density at radius 3 is 2.58 bits per heavy atom. The van der Waals surface area contributed by atoms with Crippen molar-refractivity contribution < 1.29 is 14.0 Å². The zero-order valence-corrected chi connectivity index (χ0v) is 14.1. The van der Waals surface area contributed by atoms with E-state index in [-0.39, 0.29) is 23.2 Å². The van der Waals surface area contributed by atoms with Crippen molar-refractivity contribution >= 4 is 17.0 Å². The van der Waals surface area contributed by atoms with Gasteiger partial charge >= 0.3 is 11.7 Å². The smallest absolute Gasteiger partial charge is 0.330 e. The molecule has 1 aromatic heterocycles. The lowest BCUT2D eigenvalue weighted by atomic mass is 9.98. The number of para-hydroxylation sites is 1. The van der Waals surface area contributed by atoms with Gasteiger partial charge in [0.2, 0.25) is 0 Å². The minimum atomic E-state index is -0.553. The lowest BCUT2D eigenvalue weighted by molar-refractivity contribution is -0.205. The normalized spacial score (nSPS) is 17.3. The van der Waals surface area contributed by atoms with Gasteiger partial charge in [-0.05, 0) is 45.7 Å². The van der Waals surface area contributed by atoms with Gasteiger partial charge in [0.1, 0.15) is 11.3 Å². The predicted molar refractivity (Wildman–Crippen MR) is 87.9 cm³/mol. The average Bonchev–Trinajstić information content (AvgIpc) is 2.85. The van der Waals surface area contributed by atoms with Crippen LogP contribution in [-0.2, 0) is 9.63 Å². The Morgan fingerprint density at radius 2 is 1.96 bits per heavy atom. The summed E-state index contributed by atoms with van der Waals surface area (Å²) < 4.78 is 15.4. The number of rotatable bonds is 2. The number of nitrogens with one attached hydrogen (secondary N) is 1. The largest absolute Gasteiger partial charge is 0.367 e.